The highest BCUT2D eigenvalue weighted by atomic mass is 32.2. The fourth-order valence-electron chi connectivity index (χ4n) is 1.94. The molecule has 0 aliphatic carbocycles. The standard InChI is InChI=1S/C15H16FNO3S/c1-10-7-12(4-5-14(10)17)21(18,19)9-11-3-6-15(20-2)13(16)8-11/h3-8H,9,17H2,1-2H3. The SMILES string of the molecule is COc1ccc(CS(=O)(=O)c2ccc(N)c(C)c2)cc1F. The Morgan fingerprint density at radius 1 is 1.19 bits per heavy atom. The van der Waals surface area contributed by atoms with Gasteiger partial charge in [-0.1, -0.05) is 6.07 Å². The summed E-state index contributed by atoms with van der Waals surface area (Å²) in [6.45, 7) is 1.74. The van der Waals surface area contributed by atoms with E-state index >= 15 is 0 Å². The molecule has 4 nitrogen and oxygen atoms in total. The van der Waals surface area contributed by atoms with E-state index in [1.165, 1.54) is 37.4 Å². The maximum Gasteiger partial charge on any atom is 0.182 e. The number of nitrogen functional groups attached to an aromatic ring is 1. The molecule has 112 valence electrons. The molecule has 0 heterocycles. The van der Waals surface area contributed by atoms with E-state index in [0.717, 1.165) is 0 Å². The van der Waals surface area contributed by atoms with Crippen LogP contribution in [-0.2, 0) is 15.6 Å². The van der Waals surface area contributed by atoms with E-state index in [0.29, 0.717) is 16.8 Å². The van der Waals surface area contributed by atoms with Crippen LogP contribution in [0.25, 0.3) is 0 Å². The van der Waals surface area contributed by atoms with E-state index in [9.17, 15) is 12.8 Å². The second-order valence-corrected chi connectivity index (χ2v) is 6.74. The van der Waals surface area contributed by atoms with Crippen molar-refractivity contribution in [3.63, 3.8) is 0 Å². The molecule has 0 bridgehead atoms. The first-order chi connectivity index (χ1) is 9.83. The van der Waals surface area contributed by atoms with Crippen LogP contribution in [0.4, 0.5) is 10.1 Å². The fourth-order valence-corrected chi connectivity index (χ4v) is 3.36. The van der Waals surface area contributed by atoms with Crippen molar-refractivity contribution in [3.8, 4) is 5.75 Å². The second-order valence-electron chi connectivity index (χ2n) is 4.75. The quantitative estimate of drug-likeness (QED) is 0.882. The normalized spacial score (nSPS) is 11.4. The second kappa shape index (κ2) is 5.73. The average Bonchev–Trinajstić information content (AvgIpc) is 2.41. The highest BCUT2D eigenvalue weighted by Crippen LogP contribution is 2.23. The minimum Gasteiger partial charge on any atom is -0.494 e. The Morgan fingerprint density at radius 3 is 2.48 bits per heavy atom. The smallest absolute Gasteiger partial charge is 0.182 e. The van der Waals surface area contributed by atoms with E-state index in [4.69, 9.17) is 10.5 Å². The fraction of sp³-hybridized carbons (Fsp3) is 0.200. The molecule has 0 fully saturated rings. The molecule has 2 rings (SSSR count). The zero-order valence-electron chi connectivity index (χ0n) is 11.8. The van der Waals surface area contributed by atoms with Crippen LogP contribution in [0.2, 0.25) is 0 Å². The maximum absolute atomic E-state index is 13.6. The Labute approximate surface area is 123 Å². The molecule has 2 aromatic rings. The number of hydrogen-bond acceptors (Lipinski definition) is 4. The van der Waals surface area contributed by atoms with Crippen molar-refractivity contribution in [1.82, 2.24) is 0 Å². The van der Waals surface area contributed by atoms with Gasteiger partial charge in [-0.3, -0.25) is 0 Å². The predicted molar refractivity (Wildman–Crippen MR) is 79.4 cm³/mol. The first-order valence-corrected chi connectivity index (χ1v) is 7.90. The molecule has 0 aromatic heterocycles. The number of halogens is 1. The van der Waals surface area contributed by atoms with Crippen LogP contribution in [0.3, 0.4) is 0 Å². The lowest BCUT2D eigenvalue weighted by atomic mass is 10.2. The van der Waals surface area contributed by atoms with Gasteiger partial charge in [0.25, 0.3) is 0 Å². The molecule has 6 heteroatoms. The summed E-state index contributed by atoms with van der Waals surface area (Å²) in [5, 5.41) is 0. The molecule has 2 aromatic carbocycles. The predicted octanol–water partition coefficient (Wildman–Crippen LogP) is 2.70. The van der Waals surface area contributed by atoms with Gasteiger partial charge in [-0.15, -0.1) is 0 Å². The number of methoxy groups -OCH3 is 1. The number of anilines is 1. The van der Waals surface area contributed by atoms with Crippen molar-refractivity contribution in [2.75, 3.05) is 12.8 Å². The molecule has 0 atom stereocenters. The molecular weight excluding hydrogens is 293 g/mol. The number of ether oxygens (including phenoxy) is 1. The Bertz CT molecular complexity index is 772. The minimum absolute atomic E-state index is 0.0828. The molecular formula is C15H16FNO3S. The van der Waals surface area contributed by atoms with Gasteiger partial charge in [0.15, 0.2) is 21.4 Å². The van der Waals surface area contributed by atoms with E-state index < -0.39 is 15.7 Å². The van der Waals surface area contributed by atoms with Gasteiger partial charge in [0.2, 0.25) is 0 Å². The monoisotopic (exact) mass is 309 g/mol. The third kappa shape index (κ3) is 3.33. The van der Waals surface area contributed by atoms with Crippen molar-refractivity contribution in [1.29, 1.82) is 0 Å². The van der Waals surface area contributed by atoms with E-state index in [-0.39, 0.29) is 16.4 Å². The lowest BCUT2D eigenvalue weighted by Crippen LogP contribution is -2.06. The van der Waals surface area contributed by atoms with Crippen LogP contribution in [0.15, 0.2) is 41.3 Å². The number of rotatable bonds is 4. The van der Waals surface area contributed by atoms with E-state index in [1.54, 1.807) is 13.0 Å². The van der Waals surface area contributed by atoms with Gasteiger partial charge in [0.1, 0.15) is 0 Å². The molecule has 2 N–H and O–H groups in total. The summed E-state index contributed by atoms with van der Waals surface area (Å²) in [6, 6.07) is 8.64. The topological polar surface area (TPSA) is 69.4 Å². The van der Waals surface area contributed by atoms with Crippen LogP contribution < -0.4 is 10.5 Å². The van der Waals surface area contributed by atoms with Crippen molar-refractivity contribution in [2.24, 2.45) is 0 Å². The highest BCUT2D eigenvalue weighted by Gasteiger charge is 2.17. The van der Waals surface area contributed by atoms with Crippen molar-refractivity contribution < 1.29 is 17.5 Å². The van der Waals surface area contributed by atoms with E-state index in [1.807, 2.05) is 0 Å². The number of benzene rings is 2. The Morgan fingerprint density at radius 2 is 1.90 bits per heavy atom. The van der Waals surface area contributed by atoms with Gasteiger partial charge >= 0.3 is 0 Å². The summed E-state index contributed by atoms with van der Waals surface area (Å²) in [7, 11) is -2.20. The van der Waals surface area contributed by atoms with Crippen LogP contribution >= 0.6 is 0 Å². The summed E-state index contributed by atoms with van der Waals surface area (Å²) in [4.78, 5) is 0.172. The Balaban J connectivity index is 2.32. The maximum atomic E-state index is 13.6. The summed E-state index contributed by atoms with van der Waals surface area (Å²) < 4.78 is 43.1. The van der Waals surface area contributed by atoms with Gasteiger partial charge in [0, 0.05) is 5.69 Å². The van der Waals surface area contributed by atoms with Gasteiger partial charge in [-0.25, -0.2) is 12.8 Å². The molecule has 0 spiro atoms. The highest BCUT2D eigenvalue weighted by molar-refractivity contribution is 7.90. The van der Waals surface area contributed by atoms with Gasteiger partial charge < -0.3 is 10.5 Å². The molecule has 0 saturated carbocycles. The zero-order chi connectivity index (χ0) is 15.6. The zero-order valence-corrected chi connectivity index (χ0v) is 12.6. The summed E-state index contributed by atoms with van der Waals surface area (Å²) in [6.07, 6.45) is 0. The summed E-state index contributed by atoms with van der Waals surface area (Å²) in [5.41, 5.74) is 7.27. The molecule has 0 unspecified atom stereocenters. The Hall–Kier alpha value is -2.08. The average molecular weight is 309 g/mol. The molecule has 0 radical (unpaired) electrons. The van der Waals surface area contributed by atoms with Crippen molar-refractivity contribution in [2.45, 2.75) is 17.6 Å². The molecule has 0 aliphatic heterocycles. The lowest BCUT2D eigenvalue weighted by Gasteiger charge is -2.08. The lowest BCUT2D eigenvalue weighted by molar-refractivity contribution is 0.386. The van der Waals surface area contributed by atoms with E-state index in [2.05, 4.69) is 0 Å². The first kappa shape index (κ1) is 15.3. The van der Waals surface area contributed by atoms with Crippen molar-refractivity contribution >= 4 is 15.5 Å². The first-order valence-electron chi connectivity index (χ1n) is 6.25. The largest absolute Gasteiger partial charge is 0.494 e. The molecule has 0 amide bonds. The van der Waals surface area contributed by atoms with Crippen LogP contribution in [0.5, 0.6) is 5.75 Å². The number of nitrogens with two attached hydrogens (primary N) is 1. The van der Waals surface area contributed by atoms with Crippen molar-refractivity contribution in [3.05, 3.63) is 53.3 Å². The molecule has 0 aliphatic rings. The number of sulfone groups is 1. The Kier molecular flexibility index (Phi) is 4.18. The van der Waals surface area contributed by atoms with Gasteiger partial charge in [-0.05, 0) is 48.4 Å². The summed E-state index contributed by atoms with van der Waals surface area (Å²) >= 11 is 0. The molecule has 0 saturated heterocycles. The van der Waals surface area contributed by atoms with Gasteiger partial charge in [-0.2, -0.15) is 0 Å². The van der Waals surface area contributed by atoms with Crippen LogP contribution in [0, 0.1) is 12.7 Å². The van der Waals surface area contributed by atoms with Gasteiger partial charge in [0.05, 0.1) is 17.8 Å². The third-order valence-corrected chi connectivity index (χ3v) is 4.86. The number of hydrogen-bond donors (Lipinski definition) is 1. The third-order valence-electron chi connectivity index (χ3n) is 3.17. The molecule has 21 heavy (non-hydrogen) atoms. The summed E-state index contributed by atoms with van der Waals surface area (Å²) in [5.74, 6) is -0.782. The minimum atomic E-state index is -3.55. The van der Waals surface area contributed by atoms with Crippen LogP contribution in [-0.4, -0.2) is 15.5 Å². The van der Waals surface area contributed by atoms with Crippen LogP contribution in [0.1, 0.15) is 11.1 Å². The number of aryl methyl sites for hydroxylation is 1.